The second-order valence-electron chi connectivity index (χ2n) is 7.61. The fraction of sp³-hybridized carbons (Fsp3) is 0.304. The lowest BCUT2D eigenvalue weighted by atomic mass is 10.0. The van der Waals surface area contributed by atoms with Crippen LogP contribution in [0.1, 0.15) is 35.0 Å². The maximum absolute atomic E-state index is 13.3. The average Bonchev–Trinajstić information content (AvgIpc) is 3.32. The van der Waals surface area contributed by atoms with Gasteiger partial charge in [0.05, 0.1) is 10.6 Å². The fourth-order valence-electron chi connectivity index (χ4n) is 3.57. The molecule has 0 aliphatic carbocycles. The van der Waals surface area contributed by atoms with Gasteiger partial charge in [-0.05, 0) is 62.6 Å². The molecule has 3 rings (SSSR count). The van der Waals surface area contributed by atoms with Crippen LogP contribution in [0.5, 0.6) is 0 Å². The number of rotatable bonds is 7. The van der Waals surface area contributed by atoms with Crippen molar-refractivity contribution in [3.63, 3.8) is 0 Å². The molecule has 1 aliphatic heterocycles. The van der Waals surface area contributed by atoms with E-state index in [0.717, 1.165) is 25.9 Å². The van der Waals surface area contributed by atoms with Crippen LogP contribution < -0.4 is 5.32 Å². The first-order chi connectivity index (χ1) is 15.4. The number of allylic oxidation sites excluding steroid dienone is 1. The quantitative estimate of drug-likeness (QED) is 0.372. The molecule has 168 valence electrons. The number of amides is 1. The number of nitrogens with zero attached hydrogens (tertiary/aromatic N) is 2. The minimum Gasteiger partial charge on any atom is -0.426 e. The summed E-state index contributed by atoms with van der Waals surface area (Å²) >= 11 is 1.40. The summed E-state index contributed by atoms with van der Waals surface area (Å²) in [6, 6.07) is 10.7. The van der Waals surface area contributed by atoms with Crippen LogP contribution in [0.3, 0.4) is 0 Å². The Balaban J connectivity index is 1.85. The summed E-state index contributed by atoms with van der Waals surface area (Å²) in [5, 5.41) is 28.4. The molecule has 9 heteroatoms. The largest absolute Gasteiger partial charge is 0.426 e. The van der Waals surface area contributed by atoms with Crippen LogP contribution in [-0.2, 0) is 4.74 Å². The van der Waals surface area contributed by atoms with Crippen LogP contribution in [0.15, 0.2) is 53.7 Å². The molecule has 2 aromatic rings. The molecule has 0 saturated carbocycles. The Bertz CT molecular complexity index is 1010. The van der Waals surface area contributed by atoms with Crippen molar-refractivity contribution < 1.29 is 9.53 Å². The maximum Gasteiger partial charge on any atom is 0.268 e. The molecule has 0 atom stereocenters. The van der Waals surface area contributed by atoms with E-state index >= 15 is 0 Å². The zero-order valence-electron chi connectivity index (χ0n) is 18.2. The van der Waals surface area contributed by atoms with Gasteiger partial charge in [-0.3, -0.25) is 15.6 Å². The summed E-state index contributed by atoms with van der Waals surface area (Å²) in [5.41, 5.74) is 1.68. The van der Waals surface area contributed by atoms with E-state index in [1.807, 2.05) is 23.6 Å². The Morgan fingerprint density at radius 3 is 2.62 bits per heavy atom. The van der Waals surface area contributed by atoms with Crippen molar-refractivity contribution in [2.45, 2.75) is 25.8 Å². The Labute approximate surface area is 192 Å². The number of benzene rings is 1. The number of likely N-dealkylation sites (tertiary alicyclic amines) is 1. The molecular formula is C23H28N6O2S. The number of piperidine rings is 1. The zero-order valence-corrected chi connectivity index (χ0v) is 19.0. The second kappa shape index (κ2) is 10.8. The van der Waals surface area contributed by atoms with Gasteiger partial charge in [0.25, 0.3) is 5.91 Å². The number of ether oxygens (including phenoxy) is 1. The molecule has 8 nitrogen and oxygen atoms in total. The molecule has 0 radical (unpaired) electrons. The van der Waals surface area contributed by atoms with Crippen LogP contribution in [0, 0.1) is 16.2 Å². The van der Waals surface area contributed by atoms with Gasteiger partial charge in [-0.15, -0.1) is 11.3 Å². The third-order valence-electron chi connectivity index (χ3n) is 5.20. The third-order valence-corrected chi connectivity index (χ3v) is 6.05. The van der Waals surface area contributed by atoms with E-state index in [1.165, 1.54) is 24.5 Å². The first-order valence-electron chi connectivity index (χ1n) is 10.3. The van der Waals surface area contributed by atoms with Gasteiger partial charge in [0, 0.05) is 36.6 Å². The van der Waals surface area contributed by atoms with Crippen molar-refractivity contribution in [1.29, 1.82) is 16.2 Å². The lowest BCUT2D eigenvalue weighted by molar-refractivity contribution is 0.0697. The number of carbonyl (C=O) groups excluding carboxylic acids is 1. The van der Waals surface area contributed by atoms with Gasteiger partial charge in [-0.2, -0.15) is 0 Å². The maximum atomic E-state index is 13.3. The Morgan fingerprint density at radius 2 is 2.00 bits per heavy atom. The van der Waals surface area contributed by atoms with E-state index in [4.69, 9.17) is 21.0 Å². The lowest BCUT2D eigenvalue weighted by Gasteiger charge is -2.37. The summed E-state index contributed by atoms with van der Waals surface area (Å²) < 4.78 is 5.07. The van der Waals surface area contributed by atoms with Gasteiger partial charge in [-0.25, -0.2) is 0 Å². The molecule has 4 N–H and O–H groups in total. The smallest absolute Gasteiger partial charge is 0.268 e. The van der Waals surface area contributed by atoms with Crippen molar-refractivity contribution in [2.75, 3.05) is 25.5 Å². The molecular weight excluding hydrogens is 424 g/mol. The van der Waals surface area contributed by atoms with E-state index in [1.54, 1.807) is 29.3 Å². The third kappa shape index (κ3) is 5.89. The zero-order chi connectivity index (χ0) is 23.1. The van der Waals surface area contributed by atoms with Gasteiger partial charge in [0.2, 0.25) is 5.90 Å². The highest BCUT2D eigenvalue weighted by Gasteiger charge is 2.30. The van der Waals surface area contributed by atoms with Crippen LogP contribution in [0.2, 0.25) is 0 Å². The van der Waals surface area contributed by atoms with Gasteiger partial charge in [0.1, 0.15) is 0 Å². The average molecular weight is 453 g/mol. The molecule has 1 amide bonds. The van der Waals surface area contributed by atoms with E-state index in [-0.39, 0.29) is 23.7 Å². The van der Waals surface area contributed by atoms with E-state index in [0.29, 0.717) is 21.8 Å². The van der Waals surface area contributed by atoms with Crippen molar-refractivity contribution in [3.8, 4) is 0 Å². The highest BCUT2D eigenvalue weighted by atomic mass is 32.1. The first kappa shape index (κ1) is 23.4. The van der Waals surface area contributed by atoms with Crippen LogP contribution in [0.4, 0.5) is 5.69 Å². The topological polar surface area (TPSA) is 116 Å². The summed E-state index contributed by atoms with van der Waals surface area (Å²) in [4.78, 5) is 17.9. The number of hydrogen-bond donors (Lipinski definition) is 4. The Kier molecular flexibility index (Phi) is 7.91. The van der Waals surface area contributed by atoms with Crippen LogP contribution in [-0.4, -0.2) is 59.9 Å². The summed E-state index contributed by atoms with van der Waals surface area (Å²) in [7, 11) is 2.07. The van der Waals surface area contributed by atoms with Gasteiger partial charge >= 0.3 is 0 Å². The highest BCUT2D eigenvalue weighted by molar-refractivity contribution is 7.12. The van der Waals surface area contributed by atoms with Crippen molar-refractivity contribution in [3.05, 3.63) is 64.1 Å². The summed E-state index contributed by atoms with van der Waals surface area (Å²) in [6.45, 7) is 3.26. The molecule has 1 saturated heterocycles. The Hall–Kier alpha value is -3.30. The van der Waals surface area contributed by atoms with Crippen molar-refractivity contribution >= 4 is 40.9 Å². The normalized spacial score (nSPS) is 15.1. The van der Waals surface area contributed by atoms with Gasteiger partial charge < -0.3 is 25.3 Å². The predicted octanol–water partition coefficient (Wildman–Crippen LogP) is 4.23. The van der Waals surface area contributed by atoms with Crippen molar-refractivity contribution in [2.24, 2.45) is 0 Å². The fourth-order valence-corrected chi connectivity index (χ4v) is 4.23. The number of thiophene rings is 1. The molecule has 1 aliphatic rings. The standard InChI is InChI=1S/C23H28N6O2S/c1-16(25)31-22(26)17-5-3-6-18(13-17)27-15-20(14-24)29(19-8-10-28(2)11-9-19)23(30)21-7-4-12-32-21/h3-7,12-15,19,24-27H,8-11H2,1-2H3/b20-15+,24-14?,25-16?,26-22?. The number of nitrogens with one attached hydrogen (secondary N) is 4. The molecule has 2 heterocycles. The van der Waals surface area contributed by atoms with E-state index in [2.05, 4.69) is 17.3 Å². The molecule has 1 aromatic heterocycles. The van der Waals surface area contributed by atoms with Crippen molar-refractivity contribution in [1.82, 2.24) is 9.80 Å². The highest BCUT2D eigenvalue weighted by Crippen LogP contribution is 2.24. The number of carbonyl (C=O) groups is 1. The van der Waals surface area contributed by atoms with E-state index in [9.17, 15) is 4.79 Å². The Morgan fingerprint density at radius 1 is 1.25 bits per heavy atom. The predicted molar refractivity (Wildman–Crippen MR) is 129 cm³/mol. The minimum absolute atomic E-state index is 0.0129. The molecule has 0 unspecified atom stereocenters. The number of anilines is 1. The number of hydrogen-bond acceptors (Lipinski definition) is 8. The first-order valence-corrected chi connectivity index (χ1v) is 11.2. The molecule has 32 heavy (non-hydrogen) atoms. The summed E-state index contributed by atoms with van der Waals surface area (Å²) in [6.07, 6.45) is 4.53. The molecule has 0 spiro atoms. The second-order valence-corrected chi connectivity index (χ2v) is 8.56. The van der Waals surface area contributed by atoms with Crippen LogP contribution >= 0.6 is 11.3 Å². The monoisotopic (exact) mass is 452 g/mol. The van der Waals surface area contributed by atoms with E-state index < -0.39 is 0 Å². The molecule has 0 bridgehead atoms. The molecule has 1 aromatic carbocycles. The summed E-state index contributed by atoms with van der Waals surface area (Å²) in [5.74, 6) is -0.269. The molecule has 1 fully saturated rings. The lowest BCUT2D eigenvalue weighted by Crippen LogP contribution is -2.46. The van der Waals surface area contributed by atoms with Crippen LogP contribution in [0.25, 0.3) is 0 Å². The SMILES string of the molecule is CC(=N)OC(=N)c1cccc(N/C=C(\C=N)N(C(=O)c2cccs2)C2CCN(C)CC2)c1. The van der Waals surface area contributed by atoms with Gasteiger partial charge in [-0.1, -0.05) is 12.1 Å². The minimum atomic E-state index is -0.113. The van der Waals surface area contributed by atoms with Gasteiger partial charge in [0.15, 0.2) is 5.90 Å².